The summed E-state index contributed by atoms with van der Waals surface area (Å²) < 4.78 is 0. The topological polar surface area (TPSA) is 12.0 Å². The van der Waals surface area contributed by atoms with E-state index in [0.717, 1.165) is 24.8 Å². The van der Waals surface area contributed by atoms with E-state index in [1.165, 1.54) is 18.4 Å². The second-order valence-electron chi connectivity index (χ2n) is 5.19. The van der Waals surface area contributed by atoms with E-state index in [2.05, 4.69) is 44.4 Å². The van der Waals surface area contributed by atoms with Crippen molar-refractivity contribution in [2.45, 2.75) is 39.0 Å². The molecule has 16 heavy (non-hydrogen) atoms. The van der Waals surface area contributed by atoms with Crippen LogP contribution in [0.3, 0.4) is 0 Å². The van der Waals surface area contributed by atoms with E-state index < -0.39 is 0 Å². The number of likely N-dealkylation sites (N-methyl/N-ethyl adjacent to an activating group) is 1. The van der Waals surface area contributed by atoms with Crippen molar-refractivity contribution >= 4 is 0 Å². The highest BCUT2D eigenvalue weighted by molar-refractivity contribution is 5.37. The van der Waals surface area contributed by atoms with Gasteiger partial charge in [-0.15, -0.1) is 0 Å². The van der Waals surface area contributed by atoms with E-state index in [1.54, 1.807) is 11.1 Å². The molecule has 0 aliphatic heterocycles. The molecule has 0 saturated carbocycles. The normalized spacial score (nSPS) is 24.2. The van der Waals surface area contributed by atoms with Crippen LogP contribution in [0.2, 0.25) is 0 Å². The Bertz CT molecular complexity index is 356. The summed E-state index contributed by atoms with van der Waals surface area (Å²) in [7, 11) is 2.06. The molecular formula is C15H23N. The standard InChI is InChI=1S/C15H23N/c1-4-12-5-6-13-7-11(2)8-14(10-16-3)15(13)9-12/h5-6,9,11,14,16H,4,7-8,10H2,1-3H3. The van der Waals surface area contributed by atoms with E-state index in [9.17, 15) is 0 Å². The Kier molecular flexibility index (Phi) is 3.65. The molecule has 2 unspecified atom stereocenters. The molecule has 0 aromatic heterocycles. The average molecular weight is 217 g/mol. The van der Waals surface area contributed by atoms with Gasteiger partial charge in [-0.25, -0.2) is 0 Å². The lowest BCUT2D eigenvalue weighted by molar-refractivity contribution is 0.422. The molecule has 1 aromatic rings. The van der Waals surface area contributed by atoms with Crippen LogP contribution in [-0.2, 0) is 12.8 Å². The summed E-state index contributed by atoms with van der Waals surface area (Å²) in [6, 6.07) is 7.09. The molecule has 0 saturated heterocycles. The van der Waals surface area contributed by atoms with Gasteiger partial charge in [-0.05, 0) is 54.8 Å². The molecule has 1 aliphatic rings. The summed E-state index contributed by atoms with van der Waals surface area (Å²) in [5.41, 5.74) is 4.66. The van der Waals surface area contributed by atoms with E-state index in [4.69, 9.17) is 0 Å². The van der Waals surface area contributed by atoms with Crippen molar-refractivity contribution in [2.75, 3.05) is 13.6 Å². The van der Waals surface area contributed by atoms with Crippen molar-refractivity contribution in [1.82, 2.24) is 5.32 Å². The number of rotatable bonds is 3. The zero-order chi connectivity index (χ0) is 11.5. The smallest absolute Gasteiger partial charge is 0.00173 e. The highest BCUT2D eigenvalue weighted by Gasteiger charge is 2.23. The van der Waals surface area contributed by atoms with Crippen LogP contribution in [0.1, 0.15) is 42.9 Å². The van der Waals surface area contributed by atoms with Crippen LogP contribution in [0, 0.1) is 5.92 Å². The lowest BCUT2D eigenvalue weighted by Gasteiger charge is -2.30. The van der Waals surface area contributed by atoms with E-state index in [-0.39, 0.29) is 0 Å². The second kappa shape index (κ2) is 5.01. The van der Waals surface area contributed by atoms with E-state index >= 15 is 0 Å². The largest absolute Gasteiger partial charge is 0.319 e. The van der Waals surface area contributed by atoms with Gasteiger partial charge in [0, 0.05) is 6.54 Å². The molecule has 0 amide bonds. The first-order valence-electron chi connectivity index (χ1n) is 6.50. The monoisotopic (exact) mass is 217 g/mol. The maximum Gasteiger partial charge on any atom is 0.00173 e. The molecule has 2 rings (SSSR count). The summed E-state index contributed by atoms with van der Waals surface area (Å²) in [6.07, 6.45) is 3.75. The van der Waals surface area contributed by atoms with Gasteiger partial charge in [0.05, 0.1) is 0 Å². The van der Waals surface area contributed by atoms with Crippen molar-refractivity contribution < 1.29 is 0 Å². The summed E-state index contributed by atoms with van der Waals surface area (Å²) >= 11 is 0. The minimum absolute atomic E-state index is 0.718. The van der Waals surface area contributed by atoms with Gasteiger partial charge >= 0.3 is 0 Å². The maximum absolute atomic E-state index is 3.34. The summed E-state index contributed by atoms with van der Waals surface area (Å²) in [6.45, 7) is 5.73. The minimum Gasteiger partial charge on any atom is -0.319 e. The third-order valence-electron chi connectivity index (χ3n) is 3.76. The van der Waals surface area contributed by atoms with Crippen LogP contribution < -0.4 is 5.32 Å². The van der Waals surface area contributed by atoms with Gasteiger partial charge in [0.15, 0.2) is 0 Å². The fourth-order valence-electron chi connectivity index (χ4n) is 2.94. The van der Waals surface area contributed by atoms with Crippen molar-refractivity contribution in [2.24, 2.45) is 5.92 Å². The van der Waals surface area contributed by atoms with Gasteiger partial charge in [0.1, 0.15) is 0 Å². The van der Waals surface area contributed by atoms with Crippen molar-refractivity contribution in [3.05, 3.63) is 34.9 Å². The SMILES string of the molecule is CCc1ccc2c(c1)C(CNC)CC(C)C2. The molecule has 1 aromatic carbocycles. The van der Waals surface area contributed by atoms with Gasteiger partial charge in [0.2, 0.25) is 0 Å². The predicted molar refractivity (Wildman–Crippen MR) is 70.0 cm³/mol. The molecule has 0 heterocycles. The molecule has 2 atom stereocenters. The second-order valence-corrected chi connectivity index (χ2v) is 5.19. The quantitative estimate of drug-likeness (QED) is 0.820. The average Bonchev–Trinajstić information content (AvgIpc) is 2.29. The first kappa shape index (κ1) is 11.7. The van der Waals surface area contributed by atoms with Crippen LogP contribution in [0.15, 0.2) is 18.2 Å². The molecule has 88 valence electrons. The first-order chi connectivity index (χ1) is 7.74. The van der Waals surface area contributed by atoms with Crippen molar-refractivity contribution in [3.63, 3.8) is 0 Å². The molecule has 1 aliphatic carbocycles. The van der Waals surface area contributed by atoms with Crippen LogP contribution in [0.5, 0.6) is 0 Å². The zero-order valence-electron chi connectivity index (χ0n) is 10.7. The van der Waals surface area contributed by atoms with Crippen LogP contribution in [0.4, 0.5) is 0 Å². The summed E-state index contributed by atoms with van der Waals surface area (Å²) in [5, 5.41) is 3.34. The van der Waals surface area contributed by atoms with Crippen LogP contribution in [0.25, 0.3) is 0 Å². The molecule has 0 radical (unpaired) electrons. The number of fused-ring (bicyclic) bond motifs is 1. The minimum atomic E-state index is 0.718. The summed E-state index contributed by atoms with van der Waals surface area (Å²) in [5.74, 6) is 1.55. The highest BCUT2D eigenvalue weighted by Crippen LogP contribution is 2.34. The third kappa shape index (κ3) is 2.30. The Balaban J connectivity index is 2.33. The highest BCUT2D eigenvalue weighted by atomic mass is 14.8. The maximum atomic E-state index is 3.34. The molecule has 1 nitrogen and oxygen atoms in total. The zero-order valence-corrected chi connectivity index (χ0v) is 10.7. The first-order valence-corrected chi connectivity index (χ1v) is 6.50. The Morgan fingerprint density at radius 1 is 1.38 bits per heavy atom. The van der Waals surface area contributed by atoms with Gasteiger partial charge in [-0.1, -0.05) is 32.0 Å². The van der Waals surface area contributed by atoms with Crippen molar-refractivity contribution in [1.29, 1.82) is 0 Å². The number of hydrogen-bond acceptors (Lipinski definition) is 1. The lowest BCUT2D eigenvalue weighted by atomic mass is 9.77. The number of hydrogen-bond donors (Lipinski definition) is 1. The Hall–Kier alpha value is -0.820. The Morgan fingerprint density at radius 3 is 2.88 bits per heavy atom. The summed E-state index contributed by atoms with van der Waals surface area (Å²) in [4.78, 5) is 0. The number of benzene rings is 1. The van der Waals surface area contributed by atoms with Gasteiger partial charge < -0.3 is 5.32 Å². The fraction of sp³-hybridized carbons (Fsp3) is 0.600. The van der Waals surface area contributed by atoms with Crippen LogP contribution >= 0.6 is 0 Å². The van der Waals surface area contributed by atoms with Gasteiger partial charge in [0.25, 0.3) is 0 Å². The molecule has 0 fully saturated rings. The molecular weight excluding hydrogens is 194 g/mol. The lowest BCUT2D eigenvalue weighted by Crippen LogP contribution is -2.25. The number of aryl methyl sites for hydroxylation is 1. The Labute approximate surface area is 99.3 Å². The third-order valence-corrected chi connectivity index (χ3v) is 3.76. The fourth-order valence-corrected chi connectivity index (χ4v) is 2.94. The number of nitrogens with one attached hydrogen (secondary N) is 1. The predicted octanol–water partition coefficient (Wildman–Crippen LogP) is 3.13. The van der Waals surface area contributed by atoms with E-state index in [0.29, 0.717) is 0 Å². The molecule has 0 bridgehead atoms. The molecule has 1 heteroatoms. The van der Waals surface area contributed by atoms with Gasteiger partial charge in [-0.3, -0.25) is 0 Å². The van der Waals surface area contributed by atoms with Gasteiger partial charge in [-0.2, -0.15) is 0 Å². The van der Waals surface area contributed by atoms with Crippen molar-refractivity contribution in [3.8, 4) is 0 Å². The Morgan fingerprint density at radius 2 is 2.19 bits per heavy atom. The molecule has 1 N–H and O–H groups in total. The van der Waals surface area contributed by atoms with Crippen LogP contribution in [-0.4, -0.2) is 13.6 Å². The molecule has 0 spiro atoms. The van der Waals surface area contributed by atoms with E-state index in [1.807, 2.05) is 0 Å².